The smallest absolute Gasteiger partial charge is 0.295 e. The number of nitro benzene ring substituents is 1. The van der Waals surface area contributed by atoms with E-state index < -0.39 is 10.8 Å². The average Bonchev–Trinajstić information content (AvgIpc) is 3.15. The molecule has 0 radical (unpaired) electrons. The number of rotatable bonds is 6. The zero-order valence-electron chi connectivity index (χ0n) is 13.5. The molecule has 0 fully saturated rings. The van der Waals surface area contributed by atoms with Crippen LogP contribution < -0.4 is 5.32 Å². The highest BCUT2D eigenvalue weighted by molar-refractivity contribution is 5.95. The third-order valence-electron chi connectivity index (χ3n) is 3.69. The van der Waals surface area contributed by atoms with Crippen LogP contribution in [0.1, 0.15) is 15.9 Å². The summed E-state index contributed by atoms with van der Waals surface area (Å²) in [5, 5.41) is 17.8. The molecule has 2 aromatic carbocycles. The molecule has 3 rings (SSSR count). The number of carbonyl (C=O) groups excluding carboxylic acids is 1. The van der Waals surface area contributed by atoms with Crippen LogP contribution in [-0.2, 0) is 6.42 Å². The molecule has 0 bridgehead atoms. The van der Waals surface area contributed by atoms with Gasteiger partial charge < -0.3 is 5.32 Å². The SMILES string of the molecule is O=C(NCCc1cccc(F)c1)c1ccc(-n2cncn2)c([N+](=O)[O-])c1. The molecule has 8 nitrogen and oxygen atoms in total. The Bertz CT molecular complexity index is 943. The number of hydrogen-bond acceptors (Lipinski definition) is 5. The summed E-state index contributed by atoms with van der Waals surface area (Å²) in [4.78, 5) is 26.7. The lowest BCUT2D eigenvalue weighted by atomic mass is 10.1. The minimum Gasteiger partial charge on any atom is -0.352 e. The molecular formula is C17H14FN5O3. The average molecular weight is 355 g/mol. The van der Waals surface area contributed by atoms with E-state index in [1.807, 2.05) is 0 Å². The van der Waals surface area contributed by atoms with Gasteiger partial charge in [0.1, 0.15) is 24.2 Å². The van der Waals surface area contributed by atoms with Crippen molar-refractivity contribution in [2.75, 3.05) is 6.54 Å². The number of nitrogens with zero attached hydrogens (tertiary/aromatic N) is 4. The second-order valence-corrected chi connectivity index (χ2v) is 5.44. The number of hydrogen-bond donors (Lipinski definition) is 1. The largest absolute Gasteiger partial charge is 0.352 e. The van der Waals surface area contributed by atoms with Gasteiger partial charge in [-0.25, -0.2) is 14.1 Å². The molecule has 0 spiro atoms. The number of benzene rings is 2. The molecule has 0 aliphatic carbocycles. The van der Waals surface area contributed by atoms with Crippen molar-refractivity contribution in [3.63, 3.8) is 0 Å². The summed E-state index contributed by atoms with van der Waals surface area (Å²) in [6.45, 7) is 0.279. The lowest BCUT2D eigenvalue weighted by Gasteiger charge is -2.07. The predicted octanol–water partition coefficient (Wildman–Crippen LogP) is 2.29. The van der Waals surface area contributed by atoms with Gasteiger partial charge in [-0.2, -0.15) is 5.10 Å². The van der Waals surface area contributed by atoms with Crippen molar-refractivity contribution in [3.8, 4) is 5.69 Å². The van der Waals surface area contributed by atoms with Crippen LogP contribution in [-0.4, -0.2) is 32.1 Å². The third kappa shape index (κ3) is 3.89. The Morgan fingerprint density at radius 1 is 1.27 bits per heavy atom. The fraction of sp³-hybridized carbons (Fsp3) is 0.118. The van der Waals surface area contributed by atoms with Crippen LogP contribution in [0.4, 0.5) is 10.1 Å². The van der Waals surface area contributed by atoms with E-state index in [0.717, 1.165) is 5.56 Å². The Hall–Kier alpha value is -3.62. The van der Waals surface area contributed by atoms with Crippen LogP contribution >= 0.6 is 0 Å². The standard InChI is InChI=1S/C17H14FN5O3/c18-14-3-1-2-12(8-14)6-7-20-17(24)13-4-5-15(16(9-13)23(25)26)22-11-19-10-21-22/h1-5,8-11H,6-7H2,(H,20,24). The first-order chi connectivity index (χ1) is 12.5. The summed E-state index contributed by atoms with van der Waals surface area (Å²) >= 11 is 0. The summed E-state index contributed by atoms with van der Waals surface area (Å²) in [7, 11) is 0. The van der Waals surface area contributed by atoms with E-state index in [4.69, 9.17) is 0 Å². The molecule has 1 heterocycles. The van der Waals surface area contributed by atoms with E-state index in [1.165, 1.54) is 47.7 Å². The summed E-state index contributed by atoms with van der Waals surface area (Å²) in [5.41, 5.74) is 0.856. The molecule has 1 N–H and O–H groups in total. The monoisotopic (exact) mass is 355 g/mol. The second-order valence-electron chi connectivity index (χ2n) is 5.44. The van der Waals surface area contributed by atoms with Crippen molar-refractivity contribution in [2.24, 2.45) is 0 Å². The van der Waals surface area contributed by atoms with E-state index in [2.05, 4.69) is 15.4 Å². The molecule has 3 aromatic rings. The van der Waals surface area contributed by atoms with Crippen molar-refractivity contribution >= 4 is 11.6 Å². The van der Waals surface area contributed by atoms with E-state index in [-0.39, 0.29) is 29.3 Å². The zero-order chi connectivity index (χ0) is 18.5. The summed E-state index contributed by atoms with van der Waals surface area (Å²) < 4.78 is 14.4. The zero-order valence-corrected chi connectivity index (χ0v) is 13.5. The maximum atomic E-state index is 13.1. The number of halogens is 1. The van der Waals surface area contributed by atoms with Crippen molar-refractivity contribution in [2.45, 2.75) is 6.42 Å². The highest BCUT2D eigenvalue weighted by Gasteiger charge is 2.19. The number of nitro groups is 1. The molecule has 0 unspecified atom stereocenters. The van der Waals surface area contributed by atoms with Crippen LogP contribution in [0.25, 0.3) is 5.69 Å². The summed E-state index contributed by atoms with van der Waals surface area (Å²) in [6, 6.07) is 10.2. The van der Waals surface area contributed by atoms with Gasteiger partial charge in [-0.1, -0.05) is 12.1 Å². The number of nitrogens with one attached hydrogen (secondary N) is 1. The second kappa shape index (κ2) is 7.51. The van der Waals surface area contributed by atoms with E-state index in [1.54, 1.807) is 12.1 Å². The van der Waals surface area contributed by atoms with Gasteiger partial charge >= 0.3 is 0 Å². The Kier molecular flexibility index (Phi) is 4.97. The van der Waals surface area contributed by atoms with Gasteiger partial charge in [0.25, 0.3) is 11.6 Å². The fourth-order valence-electron chi connectivity index (χ4n) is 2.45. The molecule has 9 heteroatoms. The van der Waals surface area contributed by atoms with Gasteiger partial charge in [0.2, 0.25) is 0 Å². The highest BCUT2D eigenvalue weighted by atomic mass is 19.1. The van der Waals surface area contributed by atoms with Crippen molar-refractivity contribution < 1.29 is 14.1 Å². The van der Waals surface area contributed by atoms with Crippen molar-refractivity contribution in [3.05, 3.63) is 82.2 Å². The van der Waals surface area contributed by atoms with Crippen LogP contribution in [0.5, 0.6) is 0 Å². The number of carbonyl (C=O) groups is 1. The Labute approximate surface area is 147 Å². The van der Waals surface area contributed by atoms with Gasteiger partial charge in [-0.3, -0.25) is 14.9 Å². The van der Waals surface area contributed by atoms with Gasteiger partial charge in [0.15, 0.2) is 0 Å². The predicted molar refractivity (Wildman–Crippen MR) is 90.5 cm³/mol. The molecule has 0 aliphatic heterocycles. The lowest BCUT2D eigenvalue weighted by Crippen LogP contribution is -2.25. The highest BCUT2D eigenvalue weighted by Crippen LogP contribution is 2.23. The third-order valence-corrected chi connectivity index (χ3v) is 3.69. The first kappa shape index (κ1) is 17.2. The van der Waals surface area contributed by atoms with Gasteiger partial charge in [0, 0.05) is 18.2 Å². The molecule has 1 aromatic heterocycles. The molecule has 0 saturated carbocycles. The van der Waals surface area contributed by atoms with Crippen molar-refractivity contribution in [1.29, 1.82) is 0 Å². The van der Waals surface area contributed by atoms with E-state index in [0.29, 0.717) is 6.42 Å². The van der Waals surface area contributed by atoms with Crippen LogP contribution in [0, 0.1) is 15.9 Å². The van der Waals surface area contributed by atoms with E-state index >= 15 is 0 Å². The van der Waals surface area contributed by atoms with E-state index in [9.17, 15) is 19.3 Å². The van der Waals surface area contributed by atoms with Crippen LogP contribution in [0.2, 0.25) is 0 Å². The Balaban J connectivity index is 1.71. The number of aromatic nitrogens is 3. The van der Waals surface area contributed by atoms with Gasteiger partial charge in [0.05, 0.1) is 4.92 Å². The van der Waals surface area contributed by atoms with Crippen LogP contribution in [0.3, 0.4) is 0 Å². The molecule has 132 valence electrons. The Morgan fingerprint density at radius 3 is 2.81 bits per heavy atom. The molecular weight excluding hydrogens is 341 g/mol. The van der Waals surface area contributed by atoms with Crippen molar-refractivity contribution in [1.82, 2.24) is 20.1 Å². The maximum Gasteiger partial charge on any atom is 0.295 e. The number of amides is 1. The molecule has 0 aliphatic rings. The first-order valence-electron chi connectivity index (χ1n) is 7.70. The normalized spacial score (nSPS) is 10.5. The Morgan fingerprint density at radius 2 is 2.12 bits per heavy atom. The minimum atomic E-state index is -0.583. The molecule has 0 atom stereocenters. The maximum absolute atomic E-state index is 13.1. The molecule has 0 saturated heterocycles. The quantitative estimate of drug-likeness (QED) is 0.540. The van der Waals surface area contributed by atoms with Crippen LogP contribution in [0.15, 0.2) is 55.1 Å². The first-order valence-corrected chi connectivity index (χ1v) is 7.70. The summed E-state index contributed by atoms with van der Waals surface area (Å²) in [6.07, 6.45) is 3.04. The lowest BCUT2D eigenvalue weighted by molar-refractivity contribution is -0.384. The molecule has 1 amide bonds. The topological polar surface area (TPSA) is 103 Å². The fourth-order valence-corrected chi connectivity index (χ4v) is 2.45. The summed E-state index contributed by atoms with van der Waals surface area (Å²) in [5.74, 6) is -0.789. The van der Waals surface area contributed by atoms with Gasteiger partial charge in [-0.05, 0) is 36.2 Å². The molecule has 26 heavy (non-hydrogen) atoms. The van der Waals surface area contributed by atoms with Gasteiger partial charge in [-0.15, -0.1) is 0 Å². The minimum absolute atomic E-state index is 0.153.